The number of rotatable bonds is 7. The van der Waals surface area contributed by atoms with Gasteiger partial charge in [-0.1, -0.05) is 48.0 Å². The van der Waals surface area contributed by atoms with E-state index >= 15 is 0 Å². The lowest BCUT2D eigenvalue weighted by molar-refractivity contribution is 0.557. The zero-order valence-corrected chi connectivity index (χ0v) is 13.9. The third-order valence-electron chi connectivity index (χ3n) is 3.62. The van der Waals surface area contributed by atoms with Crippen molar-refractivity contribution in [2.24, 2.45) is 5.92 Å². The first kappa shape index (κ1) is 17.2. The van der Waals surface area contributed by atoms with E-state index in [1.807, 2.05) is 37.3 Å². The summed E-state index contributed by atoms with van der Waals surface area (Å²) in [4.78, 5) is 0.250. The molecule has 23 heavy (non-hydrogen) atoms. The van der Waals surface area contributed by atoms with Crippen molar-refractivity contribution in [1.82, 2.24) is 4.72 Å². The van der Waals surface area contributed by atoms with Crippen LogP contribution < -0.4 is 4.72 Å². The lowest BCUT2D eigenvalue weighted by Crippen LogP contribution is -2.26. The van der Waals surface area contributed by atoms with Gasteiger partial charge < -0.3 is 0 Å². The van der Waals surface area contributed by atoms with E-state index in [-0.39, 0.29) is 17.4 Å². The van der Waals surface area contributed by atoms with Crippen LogP contribution in [0.15, 0.2) is 59.5 Å². The van der Waals surface area contributed by atoms with Crippen molar-refractivity contribution in [2.45, 2.75) is 24.7 Å². The predicted octanol–water partition coefficient (Wildman–Crippen LogP) is 3.05. The Hall–Kier alpha value is -2.16. The maximum absolute atomic E-state index is 12.2. The minimum atomic E-state index is -3.51. The summed E-state index contributed by atoms with van der Waals surface area (Å²) in [7, 11) is -3.51. The third-order valence-corrected chi connectivity index (χ3v) is 5.10. The zero-order chi connectivity index (χ0) is 16.7. The van der Waals surface area contributed by atoms with Gasteiger partial charge in [-0.3, -0.25) is 0 Å². The number of hydrogen-bond donors (Lipinski definition) is 1. The molecule has 0 bridgehead atoms. The minimum Gasteiger partial charge on any atom is -0.211 e. The molecule has 0 heterocycles. The summed E-state index contributed by atoms with van der Waals surface area (Å²) in [6.07, 6.45) is 1.11. The fraction of sp³-hybridized carbons (Fsp3) is 0.278. The molecule has 2 aromatic rings. The molecule has 0 aliphatic rings. The second kappa shape index (κ2) is 7.91. The predicted molar refractivity (Wildman–Crippen MR) is 90.2 cm³/mol. The molecule has 0 spiro atoms. The molecule has 0 radical (unpaired) electrons. The van der Waals surface area contributed by atoms with E-state index in [4.69, 9.17) is 0 Å². The van der Waals surface area contributed by atoms with Crippen LogP contribution >= 0.6 is 0 Å². The molecule has 0 aliphatic heterocycles. The van der Waals surface area contributed by atoms with Crippen LogP contribution in [-0.2, 0) is 16.4 Å². The van der Waals surface area contributed by atoms with Gasteiger partial charge in [0.05, 0.1) is 16.9 Å². The van der Waals surface area contributed by atoms with Crippen LogP contribution in [0.1, 0.15) is 17.5 Å². The van der Waals surface area contributed by atoms with Crippen LogP contribution in [-0.4, -0.2) is 15.0 Å². The summed E-state index contributed by atoms with van der Waals surface area (Å²) in [6, 6.07) is 18.7. The summed E-state index contributed by atoms with van der Waals surface area (Å²) in [5, 5.41) is 9.24. The summed E-state index contributed by atoms with van der Waals surface area (Å²) in [5.41, 5.74) is 2.09. The number of benzene rings is 2. The molecule has 1 atom stereocenters. The maximum Gasteiger partial charge on any atom is 0.240 e. The second-order valence-electron chi connectivity index (χ2n) is 5.52. The van der Waals surface area contributed by atoms with Gasteiger partial charge in [0.1, 0.15) is 0 Å². The minimum absolute atomic E-state index is 0.210. The molecule has 4 nitrogen and oxygen atoms in total. The highest BCUT2D eigenvalue weighted by Crippen LogP contribution is 2.13. The van der Waals surface area contributed by atoms with Crippen molar-refractivity contribution in [3.05, 3.63) is 65.7 Å². The third kappa shape index (κ3) is 5.20. The zero-order valence-electron chi connectivity index (χ0n) is 13.1. The highest BCUT2D eigenvalue weighted by atomic mass is 32.2. The lowest BCUT2D eigenvalue weighted by Gasteiger charge is -2.11. The molecule has 0 saturated carbocycles. The van der Waals surface area contributed by atoms with E-state index in [1.54, 1.807) is 24.3 Å². The molecule has 5 heteroatoms. The number of aryl methyl sites for hydroxylation is 1. The van der Waals surface area contributed by atoms with E-state index in [0.717, 1.165) is 11.1 Å². The Balaban J connectivity index is 1.90. The number of nitrogens with zero attached hydrogens (tertiary/aromatic N) is 1. The van der Waals surface area contributed by atoms with Crippen molar-refractivity contribution >= 4 is 10.0 Å². The van der Waals surface area contributed by atoms with E-state index in [9.17, 15) is 13.7 Å². The molecule has 2 aromatic carbocycles. The molecule has 0 amide bonds. The monoisotopic (exact) mass is 328 g/mol. The summed E-state index contributed by atoms with van der Waals surface area (Å²) in [5.74, 6) is -0.210. The molecule has 0 unspecified atom stereocenters. The Labute approximate surface area is 137 Å². The van der Waals surface area contributed by atoms with Crippen LogP contribution in [0.3, 0.4) is 0 Å². The standard InChI is InChI=1S/C18H20N2O2S/c1-15-7-9-18(10-8-15)23(21,22)20-12-11-17(14-19)13-16-5-3-2-4-6-16/h2-10,17,20H,11-13H2,1H3/t17-/m1/s1. The molecular weight excluding hydrogens is 308 g/mol. The van der Waals surface area contributed by atoms with Gasteiger partial charge in [-0.05, 0) is 37.5 Å². The average Bonchev–Trinajstić information content (AvgIpc) is 2.55. The van der Waals surface area contributed by atoms with Crippen LogP contribution in [0.4, 0.5) is 0 Å². The SMILES string of the molecule is Cc1ccc(S(=O)(=O)NCC[C@@H](C#N)Cc2ccccc2)cc1. The van der Waals surface area contributed by atoms with Crippen LogP contribution in [0.5, 0.6) is 0 Å². The lowest BCUT2D eigenvalue weighted by atomic mass is 9.98. The highest BCUT2D eigenvalue weighted by molar-refractivity contribution is 7.89. The smallest absolute Gasteiger partial charge is 0.211 e. The Morgan fingerprint density at radius 3 is 2.35 bits per heavy atom. The maximum atomic E-state index is 12.2. The number of hydrogen-bond acceptors (Lipinski definition) is 3. The van der Waals surface area contributed by atoms with Crippen molar-refractivity contribution in [3.8, 4) is 6.07 Å². The van der Waals surface area contributed by atoms with Crippen molar-refractivity contribution in [3.63, 3.8) is 0 Å². The molecule has 0 aliphatic carbocycles. The van der Waals surface area contributed by atoms with Crippen molar-refractivity contribution in [2.75, 3.05) is 6.54 Å². The van der Waals surface area contributed by atoms with Crippen LogP contribution in [0.2, 0.25) is 0 Å². The van der Waals surface area contributed by atoms with Gasteiger partial charge in [0.25, 0.3) is 0 Å². The summed E-state index contributed by atoms with van der Waals surface area (Å²) < 4.78 is 26.9. The normalized spacial score (nSPS) is 12.5. The Bertz CT molecular complexity index is 763. The van der Waals surface area contributed by atoms with Gasteiger partial charge in [0.15, 0.2) is 0 Å². The van der Waals surface area contributed by atoms with Gasteiger partial charge in [0, 0.05) is 6.54 Å². The first-order valence-corrected chi connectivity index (χ1v) is 8.99. The first-order chi connectivity index (χ1) is 11.0. The Morgan fingerprint density at radius 1 is 1.09 bits per heavy atom. The van der Waals surface area contributed by atoms with Crippen LogP contribution in [0, 0.1) is 24.2 Å². The second-order valence-corrected chi connectivity index (χ2v) is 7.28. The van der Waals surface area contributed by atoms with Gasteiger partial charge in [-0.15, -0.1) is 0 Å². The van der Waals surface area contributed by atoms with Crippen molar-refractivity contribution < 1.29 is 8.42 Å². The number of nitrogens with one attached hydrogen (secondary N) is 1. The van der Waals surface area contributed by atoms with E-state index in [0.29, 0.717) is 12.8 Å². The molecule has 2 rings (SSSR count). The Kier molecular flexibility index (Phi) is 5.91. The van der Waals surface area contributed by atoms with Crippen molar-refractivity contribution in [1.29, 1.82) is 5.26 Å². The van der Waals surface area contributed by atoms with Gasteiger partial charge in [0.2, 0.25) is 10.0 Å². The van der Waals surface area contributed by atoms with Gasteiger partial charge >= 0.3 is 0 Å². The van der Waals surface area contributed by atoms with Crippen LogP contribution in [0.25, 0.3) is 0 Å². The fourth-order valence-corrected chi connectivity index (χ4v) is 3.33. The fourth-order valence-electron chi connectivity index (χ4n) is 2.28. The molecule has 0 aromatic heterocycles. The summed E-state index contributed by atoms with van der Waals surface area (Å²) in [6.45, 7) is 2.16. The molecular formula is C18H20N2O2S. The topological polar surface area (TPSA) is 70.0 Å². The highest BCUT2D eigenvalue weighted by Gasteiger charge is 2.15. The van der Waals surface area contributed by atoms with Gasteiger partial charge in [-0.25, -0.2) is 13.1 Å². The van der Waals surface area contributed by atoms with E-state index in [2.05, 4.69) is 10.8 Å². The molecule has 1 N–H and O–H groups in total. The summed E-state index contributed by atoms with van der Waals surface area (Å²) >= 11 is 0. The van der Waals surface area contributed by atoms with E-state index < -0.39 is 10.0 Å². The largest absolute Gasteiger partial charge is 0.240 e. The number of nitriles is 1. The molecule has 120 valence electrons. The molecule has 0 saturated heterocycles. The first-order valence-electron chi connectivity index (χ1n) is 7.51. The van der Waals surface area contributed by atoms with E-state index in [1.165, 1.54) is 0 Å². The number of sulfonamides is 1. The quantitative estimate of drug-likeness (QED) is 0.849. The molecule has 0 fully saturated rings. The average molecular weight is 328 g/mol. The Morgan fingerprint density at radius 2 is 1.74 bits per heavy atom. The van der Waals surface area contributed by atoms with Gasteiger partial charge in [-0.2, -0.15) is 5.26 Å².